The van der Waals surface area contributed by atoms with Gasteiger partial charge in [-0.25, -0.2) is 0 Å². The normalized spacial score (nSPS) is 20.4. The van der Waals surface area contributed by atoms with Crippen molar-refractivity contribution in [3.63, 3.8) is 0 Å². The number of ether oxygens (including phenoxy) is 3. The van der Waals surface area contributed by atoms with Gasteiger partial charge in [-0.1, -0.05) is 0 Å². The van der Waals surface area contributed by atoms with Crippen molar-refractivity contribution in [3.8, 4) is 17.2 Å². The molecule has 0 saturated carbocycles. The summed E-state index contributed by atoms with van der Waals surface area (Å²) in [7, 11) is 1.55. The van der Waals surface area contributed by atoms with Crippen molar-refractivity contribution in [2.45, 2.75) is 18.9 Å². The molecule has 1 heterocycles. The van der Waals surface area contributed by atoms with E-state index in [-0.39, 0.29) is 11.9 Å². The van der Waals surface area contributed by atoms with Crippen LogP contribution in [0.4, 0.5) is 0 Å². The Balaban J connectivity index is 2.07. The van der Waals surface area contributed by atoms with E-state index < -0.39 is 0 Å². The largest absolute Gasteiger partial charge is 0.508 e. The minimum absolute atomic E-state index is 0.0761. The molecular formula is C12H16O4. The lowest BCUT2D eigenvalue weighted by Crippen LogP contribution is -2.28. The fraction of sp³-hybridized carbons (Fsp3) is 0.500. The van der Waals surface area contributed by atoms with E-state index in [1.807, 2.05) is 0 Å². The van der Waals surface area contributed by atoms with Crippen LogP contribution in [0.15, 0.2) is 18.2 Å². The van der Waals surface area contributed by atoms with Gasteiger partial charge >= 0.3 is 0 Å². The Bertz CT molecular complexity index is 345. The van der Waals surface area contributed by atoms with Gasteiger partial charge in [0.1, 0.15) is 11.9 Å². The van der Waals surface area contributed by atoms with Crippen LogP contribution >= 0.6 is 0 Å². The SMILES string of the molecule is COc1cc(O)ccc1OC1CCCOC1. The summed E-state index contributed by atoms with van der Waals surface area (Å²) in [5.74, 6) is 1.37. The van der Waals surface area contributed by atoms with Crippen LogP contribution in [-0.4, -0.2) is 31.5 Å². The van der Waals surface area contributed by atoms with Gasteiger partial charge in [0.25, 0.3) is 0 Å². The molecule has 88 valence electrons. The van der Waals surface area contributed by atoms with E-state index in [1.54, 1.807) is 25.3 Å². The van der Waals surface area contributed by atoms with Gasteiger partial charge in [-0.15, -0.1) is 0 Å². The second-order valence-corrected chi connectivity index (χ2v) is 3.79. The summed E-state index contributed by atoms with van der Waals surface area (Å²) < 4.78 is 16.2. The zero-order valence-corrected chi connectivity index (χ0v) is 9.31. The molecule has 1 aliphatic rings. The summed E-state index contributed by atoms with van der Waals surface area (Å²) in [6.45, 7) is 1.43. The Hall–Kier alpha value is -1.42. The Morgan fingerprint density at radius 1 is 1.38 bits per heavy atom. The third kappa shape index (κ3) is 2.58. The van der Waals surface area contributed by atoms with Crippen LogP contribution in [0.5, 0.6) is 17.2 Å². The molecule has 0 bridgehead atoms. The maximum Gasteiger partial charge on any atom is 0.164 e. The molecule has 2 rings (SSSR count). The number of methoxy groups -OCH3 is 1. The number of rotatable bonds is 3. The number of phenolic OH excluding ortho intramolecular Hbond substituents is 1. The van der Waals surface area contributed by atoms with E-state index in [4.69, 9.17) is 14.2 Å². The van der Waals surface area contributed by atoms with Crippen LogP contribution in [0, 0.1) is 0 Å². The number of aromatic hydroxyl groups is 1. The van der Waals surface area contributed by atoms with Crippen molar-refractivity contribution >= 4 is 0 Å². The Morgan fingerprint density at radius 2 is 2.25 bits per heavy atom. The molecule has 0 radical (unpaired) electrons. The second kappa shape index (κ2) is 5.07. The first kappa shape index (κ1) is 11.1. The van der Waals surface area contributed by atoms with Crippen molar-refractivity contribution in [3.05, 3.63) is 18.2 Å². The van der Waals surface area contributed by atoms with Gasteiger partial charge in [0.15, 0.2) is 11.5 Å². The molecule has 1 saturated heterocycles. The summed E-state index contributed by atoms with van der Waals surface area (Å²) in [5, 5.41) is 9.31. The van der Waals surface area contributed by atoms with Crippen LogP contribution in [0.2, 0.25) is 0 Å². The van der Waals surface area contributed by atoms with Crippen molar-refractivity contribution in [1.82, 2.24) is 0 Å². The predicted octanol–water partition coefficient (Wildman–Crippen LogP) is 1.96. The van der Waals surface area contributed by atoms with Gasteiger partial charge in [0, 0.05) is 12.7 Å². The molecule has 4 heteroatoms. The predicted molar refractivity (Wildman–Crippen MR) is 59.1 cm³/mol. The molecule has 16 heavy (non-hydrogen) atoms. The number of phenols is 1. The summed E-state index contributed by atoms with van der Waals surface area (Å²) in [5.41, 5.74) is 0. The first-order valence-corrected chi connectivity index (χ1v) is 5.41. The average Bonchev–Trinajstić information content (AvgIpc) is 2.33. The molecular weight excluding hydrogens is 208 g/mol. The third-order valence-electron chi connectivity index (χ3n) is 2.56. The minimum Gasteiger partial charge on any atom is -0.508 e. The molecule has 1 aromatic carbocycles. The molecule has 0 aliphatic carbocycles. The molecule has 1 atom stereocenters. The topological polar surface area (TPSA) is 47.9 Å². The van der Waals surface area contributed by atoms with Gasteiger partial charge in [0.05, 0.1) is 13.7 Å². The van der Waals surface area contributed by atoms with Gasteiger partial charge in [-0.2, -0.15) is 0 Å². The average molecular weight is 224 g/mol. The molecule has 1 unspecified atom stereocenters. The molecule has 1 fully saturated rings. The highest BCUT2D eigenvalue weighted by Crippen LogP contribution is 2.32. The first-order chi connectivity index (χ1) is 7.79. The maximum atomic E-state index is 9.31. The van der Waals surface area contributed by atoms with Gasteiger partial charge < -0.3 is 19.3 Å². The Kier molecular flexibility index (Phi) is 3.51. The lowest BCUT2D eigenvalue weighted by molar-refractivity contribution is 0.00642. The number of hydrogen-bond donors (Lipinski definition) is 1. The zero-order valence-electron chi connectivity index (χ0n) is 9.31. The summed E-state index contributed by atoms with van der Waals surface area (Å²) in [6.07, 6.45) is 2.09. The maximum absolute atomic E-state index is 9.31. The minimum atomic E-state index is 0.0761. The Labute approximate surface area is 94.8 Å². The lowest BCUT2D eigenvalue weighted by Gasteiger charge is -2.24. The molecule has 0 amide bonds. The third-order valence-corrected chi connectivity index (χ3v) is 2.56. The lowest BCUT2D eigenvalue weighted by atomic mass is 10.2. The summed E-state index contributed by atoms with van der Waals surface area (Å²) >= 11 is 0. The van der Waals surface area contributed by atoms with Gasteiger partial charge in [0.2, 0.25) is 0 Å². The van der Waals surface area contributed by atoms with E-state index >= 15 is 0 Å². The molecule has 4 nitrogen and oxygen atoms in total. The molecule has 0 spiro atoms. The van der Waals surface area contributed by atoms with Crippen molar-refractivity contribution in [2.75, 3.05) is 20.3 Å². The van der Waals surface area contributed by atoms with Gasteiger partial charge in [-0.05, 0) is 25.0 Å². The summed E-state index contributed by atoms with van der Waals surface area (Å²) in [4.78, 5) is 0. The quantitative estimate of drug-likeness (QED) is 0.852. The fourth-order valence-corrected chi connectivity index (χ4v) is 1.74. The number of benzene rings is 1. The van der Waals surface area contributed by atoms with Crippen LogP contribution < -0.4 is 9.47 Å². The van der Waals surface area contributed by atoms with E-state index in [9.17, 15) is 5.11 Å². The molecule has 1 N–H and O–H groups in total. The standard InChI is InChI=1S/C12H16O4/c1-14-12-7-9(13)4-5-11(12)16-10-3-2-6-15-8-10/h4-5,7,10,13H,2-3,6,8H2,1H3. The van der Waals surface area contributed by atoms with Crippen molar-refractivity contribution in [1.29, 1.82) is 0 Å². The van der Waals surface area contributed by atoms with E-state index in [0.29, 0.717) is 18.1 Å². The van der Waals surface area contributed by atoms with E-state index in [1.165, 1.54) is 0 Å². The molecule has 1 aliphatic heterocycles. The van der Waals surface area contributed by atoms with Crippen molar-refractivity contribution in [2.24, 2.45) is 0 Å². The van der Waals surface area contributed by atoms with Crippen molar-refractivity contribution < 1.29 is 19.3 Å². The highest BCUT2D eigenvalue weighted by molar-refractivity contribution is 5.45. The highest BCUT2D eigenvalue weighted by atomic mass is 16.5. The second-order valence-electron chi connectivity index (χ2n) is 3.79. The summed E-state index contributed by atoms with van der Waals surface area (Å²) in [6, 6.07) is 4.84. The van der Waals surface area contributed by atoms with Gasteiger partial charge in [-0.3, -0.25) is 0 Å². The van der Waals surface area contributed by atoms with Crippen LogP contribution in [-0.2, 0) is 4.74 Å². The van der Waals surface area contributed by atoms with Crippen LogP contribution in [0.3, 0.4) is 0 Å². The highest BCUT2D eigenvalue weighted by Gasteiger charge is 2.17. The van der Waals surface area contributed by atoms with E-state index in [0.717, 1.165) is 19.4 Å². The Morgan fingerprint density at radius 3 is 2.94 bits per heavy atom. The molecule has 1 aromatic rings. The first-order valence-electron chi connectivity index (χ1n) is 5.41. The monoisotopic (exact) mass is 224 g/mol. The molecule has 0 aromatic heterocycles. The fourth-order valence-electron chi connectivity index (χ4n) is 1.74. The number of hydrogen-bond acceptors (Lipinski definition) is 4. The smallest absolute Gasteiger partial charge is 0.164 e. The van der Waals surface area contributed by atoms with Crippen LogP contribution in [0.25, 0.3) is 0 Å². The zero-order chi connectivity index (χ0) is 11.4. The van der Waals surface area contributed by atoms with E-state index in [2.05, 4.69) is 0 Å². The van der Waals surface area contributed by atoms with Crippen LogP contribution in [0.1, 0.15) is 12.8 Å².